The van der Waals surface area contributed by atoms with E-state index in [2.05, 4.69) is 10.3 Å². The summed E-state index contributed by atoms with van der Waals surface area (Å²) in [5, 5.41) is 11.6. The second-order valence-corrected chi connectivity index (χ2v) is 5.26. The van der Waals surface area contributed by atoms with Crippen molar-refractivity contribution in [2.45, 2.75) is 40.7 Å². The van der Waals surface area contributed by atoms with Crippen LogP contribution in [0.2, 0.25) is 0 Å². The predicted molar refractivity (Wildman–Crippen MR) is 64.3 cm³/mol. The fourth-order valence-electron chi connectivity index (χ4n) is 1.59. The molecular formula is C12H18N2O4. The zero-order valence-corrected chi connectivity index (χ0v) is 11.2. The Hall–Kier alpha value is -1.85. The summed E-state index contributed by atoms with van der Waals surface area (Å²) in [5.41, 5.74) is -0.146. The Labute approximate surface area is 105 Å². The summed E-state index contributed by atoms with van der Waals surface area (Å²) in [6.07, 6.45) is 0. The molecule has 6 nitrogen and oxygen atoms in total. The second kappa shape index (κ2) is 4.80. The number of aromatic nitrogens is 1. The number of hydrogen-bond acceptors (Lipinski definition) is 4. The molecule has 18 heavy (non-hydrogen) atoms. The summed E-state index contributed by atoms with van der Waals surface area (Å²) in [5.74, 6) is -1.21. The molecule has 0 saturated heterocycles. The molecule has 0 spiro atoms. The van der Waals surface area contributed by atoms with Gasteiger partial charge in [0.2, 0.25) is 5.76 Å². The van der Waals surface area contributed by atoms with E-state index < -0.39 is 23.3 Å². The first kappa shape index (κ1) is 14.2. The van der Waals surface area contributed by atoms with E-state index in [1.165, 1.54) is 0 Å². The Kier molecular flexibility index (Phi) is 3.79. The van der Waals surface area contributed by atoms with Gasteiger partial charge < -0.3 is 14.8 Å². The summed E-state index contributed by atoms with van der Waals surface area (Å²) < 4.78 is 5.15. The number of oxazole rings is 1. The normalized spacial score (nSPS) is 13.2. The first-order valence-corrected chi connectivity index (χ1v) is 5.60. The van der Waals surface area contributed by atoms with E-state index >= 15 is 0 Å². The van der Waals surface area contributed by atoms with Crippen molar-refractivity contribution in [2.75, 3.05) is 0 Å². The number of carbonyl (C=O) groups excluding carboxylic acids is 1. The highest BCUT2D eigenvalue weighted by Crippen LogP contribution is 2.20. The highest BCUT2D eigenvalue weighted by atomic mass is 16.4. The quantitative estimate of drug-likeness (QED) is 0.853. The van der Waals surface area contributed by atoms with Crippen LogP contribution < -0.4 is 5.32 Å². The minimum atomic E-state index is -1.08. The number of nitrogens with zero attached hydrogens (tertiary/aromatic N) is 1. The van der Waals surface area contributed by atoms with Crippen LogP contribution in [0.4, 0.5) is 0 Å². The van der Waals surface area contributed by atoms with Gasteiger partial charge in [0.25, 0.3) is 5.91 Å². The highest BCUT2D eigenvalue weighted by molar-refractivity contribution is 5.95. The molecule has 0 bridgehead atoms. The molecule has 0 fully saturated rings. The van der Waals surface area contributed by atoms with E-state index in [9.17, 15) is 9.59 Å². The first-order valence-electron chi connectivity index (χ1n) is 5.60. The molecule has 1 aromatic rings. The van der Waals surface area contributed by atoms with Crippen molar-refractivity contribution < 1.29 is 19.1 Å². The van der Waals surface area contributed by atoms with Crippen molar-refractivity contribution >= 4 is 11.9 Å². The van der Waals surface area contributed by atoms with Gasteiger partial charge in [-0.25, -0.2) is 9.78 Å². The number of carboxylic acids is 1. The van der Waals surface area contributed by atoms with Crippen LogP contribution in [-0.4, -0.2) is 28.0 Å². The van der Waals surface area contributed by atoms with Gasteiger partial charge in [-0.05, 0) is 12.3 Å². The van der Waals surface area contributed by atoms with Crippen LogP contribution in [0.25, 0.3) is 0 Å². The first-order chi connectivity index (χ1) is 8.12. The van der Waals surface area contributed by atoms with Gasteiger partial charge >= 0.3 is 5.97 Å². The van der Waals surface area contributed by atoms with Crippen molar-refractivity contribution in [1.82, 2.24) is 10.3 Å². The summed E-state index contributed by atoms with van der Waals surface area (Å²) in [6, 6.07) is -0.991. The molecule has 100 valence electrons. The van der Waals surface area contributed by atoms with Crippen LogP contribution in [-0.2, 0) is 4.79 Å². The zero-order chi connectivity index (χ0) is 14.1. The van der Waals surface area contributed by atoms with Gasteiger partial charge in [0.1, 0.15) is 6.04 Å². The number of aryl methyl sites for hydroxylation is 2. The largest absolute Gasteiger partial charge is 0.480 e. The van der Waals surface area contributed by atoms with Gasteiger partial charge in [0.15, 0.2) is 5.89 Å². The van der Waals surface area contributed by atoms with Crippen molar-refractivity contribution in [3.63, 3.8) is 0 Å². The second-order valence-electron chi connectivity index (χ2n) is 5.26. The van der Waals surface area contributed by atoms with Gasteiger partial charge in [-0.15, -0.1) is 0 Å². The molecule has 0 radical (unpaired) electrons. The fraction of sp³-hybridized carbons (Fsp3) is 0.583. The van der Waals surface area contributed by atoms with Crippen LogP contribution in [0.15, 0.2) is 4.42 Å². The SMILES string of the molecule is Cc1nc(C)c(C(=O)N[C@H](C(=O)O)C(C)(C)C)o1. The highest BCUT2D eigenvalue weighted by Gasteiger charge is 2.33. The molecule has 1 atom stereocenters. The van der Waals surface area contributed by atoms with E-state index in [-0.39, 0.29) is 5.76 Å². The summed E-state index contributed by atoms with van der Waals surface area (Å²) in [7, 11) is 0. The lowest BCUT2D eigenvalue weighted by molar-refractivity contribution is -0.142. The summed E-state index contributed by atoms with van der Waals surface area (Å²) >= 11 is 0. The molecule has 0 unspecified atom stereocenters. The van der Waals surface area contributed by atoms with Gasteiger partial charge in [-0.1, -0.05) is 20.8 Å². The van der Waals surface area contributed by atoms with Gasteiger partial charge in [-0.3, -0.25) is 4.79 Å². The minimum absolute atomic E-state index is 0.0583. The van der Waals surface area contributed by atoms with E-state index in [1.54, 1.807) is 34.6 Å². The molecule has 0 aliphatic carbocycles. The predicted octanol–water partition coefficient (Wildman–Crippen LogP) is 1.52. The molecule has 0 aliphatic rings. The molecule has 2 N–H and O–H groups in total. The summed E-state index contributed by atoms with van der Waals surface area (Å²) in [4.78, 5) is 27.0. The third kappa shape index (κ3) is 3.09. The number of rotatable bonds is 3. The third-order valence-corrected chi connectivity index (χ3v) is 2.50. The molecule has 1 aromatic heterocycles. The van der Waals surface area contributed by atoms with Crippen LogP contribution >= 0.6 is 0 Å². The van der Waals surface area contributed by atoms with E-state index in [0.29, 0.717) is 11.6 Å². The monoisotopic (exact) mass is 254 g/mol. The Balaban J connectivity index is 2.93. The Morgan fingerprint density at radius 2 is 1.89 bits per heavy atom. The lowest BCUT2D eigenvalue weighted by Crippen LogP contribution is -2.49. The fourth-order valence-corrected chi connectivity index (χ4v) is 1.59. The van der Waals surface area contributed by atoms with E-state index in [4.69, 9.17) is 9.52 Å². The maximum atomic E-state index is 11.9. The number of carboxylic acid groups (broad SMARTS) is 1. The van der Waals surface area contributed by atoms with Crippen LogP contribution in [0.3, 0.4) is 0 Å². The average molecular weight is 254 g/mol. The van der Waals surface area contributed by atoms with Crippen molar-refractivity contribution in [2.24, 2.45) is 5.41 Å². The maximum Gasteiger partial charge on any atom is 0.326 e. The Morgan fingerprint density at radius 3 is 2.22 bits per heavy atom. The van der Waals surface area contributed by atoms with Gasteiger partial charge in [-0.2, -0.15) is 0 Å². The molecule has 0 aromatic carbocycles. The topological polar surface area (TPSA) is 92.4 Å². The molecular weight excluding hydrogens is 236 g/mol. The number of amides is 1. The average Bonchev–Trinajstić information content (AvgIpc) is 2.51. The number of aliphatic carboxylic acids is 1. The van der Waals surface area contributed by atoms with Crippen LogP contribution in [0.1, 0.15) is 42.9 Å². The lowest BCUT2D eigenvalue weighted by atomic mass is 9.86. The van der Waals surface area contributed by atoms with E-state index in [0.717, 1.165) is 0 Å². The smallest absolute Gasteiger partial charge is 0.326 e. The van der Waals surface area contributed by atoms with Crippen LogP contribution in [0.5, 0.6) is 0 Å². The molecule has 6 heteroatoms. The maximum absolute atomic E-state index is 11.9. The molecule has 1 rings (SSSR count). The number of hydrogen-bond donors (Lipinski definition) is 2. The Bertz CT molecular complexity index is 471. The standard InChI is InChI=1S/C12H18N2O4/c1-6-8(18-7(2)13-6)10(15)14-9(11(16)17)12(3,4)5/h9H,1-5H3,(H,14,15)(H,16,17)/t9-/m1/s1. The third-order valence-electron chi connectivity index (χ3n) is 2.50. The zero-order valence-electron chi connectivity index (χ0n) is 11.2. The minimum Gasteiger partial charge on any atom is -0.480 e. The molecule has 0 aliphatic heterocycles. The Morgan fingerprint density at radius 1 is 1.33 bits per heavy atom. The van der Waals surface area contributed by atoms with Crippen molar-refractivity contribution in [3.05, 3.63) is 17.3 Å². The van der Waals surface area contributed by atoms with Crippen molar-refractivity contribution in [1.29, 1.82) is 0 Å². The van der Waals surface area contributed by atoms with Crippen molar-refractivity contribution in [3.8, 4) is 0 Å². The van der Waals surface area contributed by atoms with Gasteiger partial charge in [0.05, 0.1) is 5.69 Å². The summed E-state index contributed by atoms with van der Waals surface area (Å²) in [6.45, 7) is 8.49. The number of nitrogens with one attached hydrogen (secondary N) is 1. The van der Waals surface area contributed by atoms with Crippen LogP contribution in [0, 0.1) is 19.3 Å². The molecule has 0 saturated carbocycles. The number of carbonyl (C=O) groups is 2. The van der Waals surface area contributed by atoms with Gasteiger partial charge in [0, 0.05) is 6.92 Å². The van der Waals surface area contributed by atoms with E-state index in [1.807, 2.05) is 0 Å². The molecule has 1 heterocycles. The lowest BCUT2D eigenvalue weighted by Gasteiger charge is -2.27. The molecule has 1 amide bonds.